The van der Waals surface area contributed by atoms with E-state index in [1.807, 2.05) is 6.08 Å². The molecule has 0 saturated heterocycles. The van der Waals surface area contributed by atoms with Gasteiger partial charge in [-0.1, -0.05) is 334 Å². The third-order valence-electron chi connectivity index (χ3n) is 14.4. The van der Waals surface area contributed by atoms with Crippen molar-refractivity contribution in [1.29, 1.82) is 0 Å². The van der Waals surface area contributed by atoms with Gasteiger partial charge in [-0.05, 0) is 19.3 Å². The molecule has 0 heterocycles. The van der Waals surface area contributed by atoms with E-state index in [1.165, 1.54) is 289 Å². The van der Waals surface area contributed by atoms with Crippen molar-refractivity contribution in [3.05, 3.63) is 12.2 Å². The Morgan fingerprint density at radius 1 is 0.369 bits per heavy atom. The molecule has 65 heavy (non-hydrogen) atoms. The molecular weight excluding hydrogens is 799 g/mol. The van der Waals surface area contributed by atoms with Crippen molar-refractivity contribution < 1.29 is 20.1 Å². The van der Waals surface area contributed by atoms with Gasteiger partial charge in [-0.3, -0.25) is 4.79 Å². The minimum absolute atomic E-state index is 0.358. The highest BCUT2D eigenvalue weighted by Gasteiger charge is 2.22. The smallest absolute Gasteiger partial charge is 0.249 e. The number of rotatable bonds is 56. The standard InChI is InChI=1S/C60H119NO4/c1-3-5-7-9-11-13-15-17-19-21-23-25-27-29-30-31-33-35-37-39-41-43-45-47-49-51-53-55-59(64)60(65)61-57(56-62)58(63)54-52-50-48-46-44-42-40-38-36-34-32-28-26-24-22-20-18-16-14-12-10-8-6-4-2/h52,54,57-59,62-64H,3-51,53,55-56H2,1-2H3,(H,61,65)/b54-52+. The van der Waals surface area contributed by atoms with Crippen LogP contribution < -0.4 is 5.32 Å². The Labute approximate surface area is 408 Å². The summed E-state index contributed by atoms with van der Waals surface area (Å²) in [6.07, 6.45) is 70.2. The maximum atomic E-state index is 12.6. The quantitative estimate of drug-likeness (QED) is 0.0361. The van der Waals surface area contributed by atoms with Crippen molar-refractivity contribution >= 4 is 5.91 Å². The van der Waals surface area contributed by atoms with Crippen molar-refractivity contribution in [3.8, 4) is 0 Å². The van der Waals surface area contributed by atoms with Crippen LogP contribution in [0.3, 0.4) is 0 Å². The van der Waals surface area contributed by atoms with Crippen LogP contribution >= 0.6 is 0 Å². The lowest BCUT2D eigenvalue weighted by Crippen LogP contribution is -2.48. The van der Waals surface area contributed by atoms with Gasteiger partial charge in [0.25, 0.3) is 0 Å². The van der Waals surface area contributed by atoms with Gasteiger partial charge in [0, 0.05) is 0 Å². The summed E-state index contributed by atoms with van der Waals surface area (Å²) in [4.78, 5) is 12.6. The summed E-state index contributed by atoms with van der Waals surface area (Å²) in [6.45, 7) is 4.23. The largest absolute Gasteiger partial charge is 0.394 e. The van der Waals surface area contributed by atoms with Crippen molar-refractivity contribution in [3.63, 3.8) is 0 Å². The fourth-order valence-electron chi connectivity index (χ4n) is 9.72. The summed E-state index contributed by atoms with van der Waals surface area (Å²) >= 11 is 0. The van der Waals surface area contributed by atoms with E-state index in [1.54, 1.807) is 6.08 Å². The zero-order chi connectivity index (χ0) is 47.2. The van der Waals surface area contributed by atoms with Gasteiger partial charge in [0.05, 0.1) is 18.8 Å². The van der Waals surface area contributed by atoms with E-state index < -0.39 is 24.2 Å². The molecule has 0 saturated carbocycles. The van der Waals surface area contributed by atoms with E-state index >= 15 is 0 Å². The van der Waals surface area contributed by atoms with Crippen LogP contribution in [0.5, 0.6) is 0 Å². The molecule has 5 heteroatoms. The van der Waals surface area contributed by atoms with Gasteiger partial charge in [-0.15, -0.1) is 0 Å². The highest BCUT2D eigenvalue weighted by Crippen LogP contribution is 2.19. The molecule has 0 aliphatic heterocycles. The predicted octanol–water partition coefficient (Wildman–Crippen LogP) is 18.7. The molecule has 3 unspecified atom stereocenters. The molecular formula is C60H119NO4. The molecule has 3 atom stereocenters. The van der Waals surface area contributed by atoms with E-state index in [9.17, 15) is 20.1 Å². The molecule has 0 aliphatic rings. The lowest BCUT2D eigenvalue weighted by Gasteiger charge is -2.21. The summed E-state index contributed by atoms with van der Waals surface area (Å²) in [5.74, 6) is -0.495. The Kier molecular flexibility index (Phi) is 54.9. The monoisotopic (exact) mass is 918 g/mol. The lowest BCUT2D eigenvalue weighted by molar-refractivity contribution is -0.131. The Hall–Kier alpha value is -0.910. The molecule has 0 spiro atoms. The number of unbranched alkanes of at least 4 members (excludes halogenated alkanes) is 48. The van der Waals surface area contributed by atoms with Crippen LogP contribution in [-0.4, -0.2) is 46.1 Å². The molecule has 0 aliphatic carbocycles. The normalized spacial score (nSPS) is 13.2. The maximum Gasteiger partial charge on any atom is 0.249 e. The average Bonchev–Trinajstić information content (AvgIpc) is 3.31. The zero-order valence-electron chi connectivity index (χ0n) is 44.4. The molecule has 0 rings (SSSR count). The molecule has 388 valence electrons. The lowest BCUT2D eigenvalue weighted by atomic mass is 10.0. The number of hydrogen-bond acceptors (Lipinski definition) is 4. The van der Waals surface area contributed by atoms with Gasteiger partial charge in [0.2, 0.25) is 5.91 Å². The first-order valence-corrected chi connectivity index (χ1v) is 30.0. The first-order valence-electron chi connectivity index (χ1n) is 30.0. The van der Waals surface area contributed by atoms with Gasteiger partial charge in [-0.25, -0.2) is 0 Å². The first-order chi connectivity index (χ1) is 32.1. The number of nitrogens with one attached hydrogen (secondary N) is 1. The van der Waals surface area contributed by atoms with E-state index in [-0.39, 0.29) is 6.61 Å². The summed E-state index contributed by atoms with van der Waals surface area (Å²) in [5, 5.41) is 33.4. The topological polar surface area (TPSA) is 89.8 Å². The highest BCUT2D eigenvalue weighted by molar-refractivity contribution is 5.80. The van der Waals surface area contributed by atoms with Crippen molar-refractivity contribution in [2.45, 2.75) is 360 Å². The number of amides is 1. The average molecular weight is 919 g/mol. The number of carbonyl (C=O) groups is 1. The second-order valence-corrected chi connectivity index (χ2v) is 20.9. The molecule has 0 bridgehead atoms. The maximum absolute atomic E-state index is 12.6. The Morgan fingerprint density at radius 3 is 0.846 bits per heavy atom. The van der Waals surface area contributed by atoms with Crippen LogP contribution in [0.25, 0.3) is 0 Å². The number of aliphatic hydroxyl groups excluding tert-OH is 3. The van der Waals surface area contributed by atoms with Crippen LogP contribution in [0.2, 0.25) is 0 Å². The van der Waals surface area contributed by atoms with E-state index in [4.69, 9.17) is 0 Å². The van der Waals surface area contributed by atoms with Crippen LogP contribution in [0.4, 0.5) is 0 Å². The highest BCUT2D eigenvalue weighted by atomic mass is 16.3. The number of hydrogen-bond donors (Lipinski definition) is 4. The SMILES string of the molecule is CCCCCCCCCCCCCCCCCCCCCCCC/C=C/C(O)C(CO)NC(=O)C(O)CCCCCCCCCCCCCCCCCCCCCCCCCCCCC. The summed E-state index contributed by atoms with van der Waals surface area (Å²) in [5.41, 5.74) is 0. The van der Waals surface area contributed by atoms with Crippen LogP contribution in [0.1, 0.15) is 341 Å². The van der Waals surface area contributed by atoms with Gasteiger partial charge in [0.1, 0.15) is 6.10 Å². The van der Waals surface area contributed by atoms with E-state index in [0.29, 0.717) is 6.42 Å². The Balaban J connectivity index is 3.52. The van der Waals surface area contributed by atoms with E-state index in [2.05, 4.69) is 19.2 Å². The Bertz CT molecular complexity index is 925. The second-order valence-electron chi connectivity index (χ2n) is 20.9. The number of carbonyl (C=O) groups excluding carboxylic acids is 1. The van der Waals surface area contributed by atoms with Crippen molar-refractivity contribution in [2.24, 2.45) is 0 Å². The van der Waals surface area contributed by atoms with E-state index in [0.717, 1.165) is 32.1 Å². The molecule has 0 radical (unpaired) electrons. The minimum Gasteiger partial charge on any atom is -0.394 e. The summed E-state index contributed by atoms with van der Waals surface area (Å²) < 4.78 is 0. The summed E-state index contributed by atoms with van der Waals surface area (Å²) in [6, 6.07) is -0.795. The minimum atomic E-state index is -1.09. The fraction of sp³-hybridized carbons (Fsp3) is 0.950. The molecule has 0 aromatic carbocycles. The predicted molar refractivity (Wildman–Crippen MR) is 287 cm³/mol. The van der Waals surface area contributed by atoms with Crippen LogP contribution in [0.15, 0.2) is 12.2 Å². The third-order valence-corrected chi connectivity index (χ3v) is 14.4. The first kappa shape index (κ1) is 64.1. The number of allylic oxidation sites excluding steroid dienone is 1. The van der Waals surface area contributed by atoms with Gasteiger partial charge in [0.15, 0.2) is 0 Å². The van der Waals surface area contributed by atoms with Crippen LogP contribution in [-0.2, 0) is 4.79 Å². The molecule has 0 aromatic rings. The molecule has 4 N–H and O–H groups in total. The molecule has 1 amide bonds. The molecule has 0 fully saturated rings. The van der Waals surface area contributed by atoms with Gasteiger partial charge < -0.3 is 20.6 Å². The van der Waals surface area contributed by atoms with Gasteiger partial charge in [-0.2, -0.15) is 0 Å². The molecule has 5 nitrogen and oxygen atoms in total. The van der Waals surface area contributed by atoms with Crippen molar-refractivity contribution in [1.82, 2.24) is 5.32 Å². The zero-order valence-corrected chi connectivity index (χ0v) is 44.4. The second kappa shape index (κ2) is 55.7. The van der Waals surface area contributed by atoms with Crippen molar-refractivity contribution in [2.75, 3.05) is 6.61 Å². The molecule has 0 aromatic heterocycles. The summed E-state index contributed by atoms with van der Waals surface area (Å²) in [7, 11) is 0. The van der Waals surface area contributed by atoms with Crippen LogP contribution in [0, 0.1) is 0 Å². The Morgan fingerprint density at radius 2 is 0.600 bits per heavy atom. The van der Waals surface area contributed by atoms with Gasteiger partial charge >= 0.3 is 0 Å². The third kappa shape index (κ3) is 50.8. The number of aliphatic hydroxyl groups is 3. The fourth-order valence-corrected chi connectivity index (χ4v) is 9.72.